The first-order valence-electron chi connectivity index (χ1n) is 4.52. The van der Waals surface area contributed by atoms with Crippen LogP contribution in [0.25, 0.3) is 0 Å². The highest BCUT2D eigenvalue weighted by atomic mass is 32.2. The van der Waals surface area contributed by atoms with E-state index in [4.69, 9.17) is 5.11 Å². The molecule has 0 spiro atoms. The average molecular weight is 275 g/mol. The van der Waals surface area contributed by atoms with Gasteiger partial charge in [-0.2, -0.15) is 5.21 Å². The molecule has 8 nitrogen and oxygen atoms in total. The number of aliphatic hydroxyl groups is 1. The van der Waals surface area contributed by atoms with Gasteiger partial charge in [0.05, 0.1) is 13.2 Å². The van der Waals surface area contributed by atoms with Gasteiger partial charge in [0.25, 0.3) is 0 Å². The van der Waals surface area contributed by atoms with E-state index in [9.17, 15) is 8.42 Å². The van der Waals surface area contributed by atoms with Crippen molar-refractivity contribution in [1.82, 2.24) is 25.3 Å². The van der Waals surface area contributed by atoms with Gasteiger partial charge in [-0.25, -0.2) is 13.1 Å². The van der Waals surface area contributed by atoms with Gasteiger partial charge in [0.15, 0.2) is 5.82 Å². The molecule has 3 N–H and O–H groups in total. The number of H-pyrrole nitrogens is 1. The molecule has 0 aliphatic carbocycles. The SMILES string of the molecule is O=S(=O)(NCc1nn[nH]n1)c1cc(CO)cs1. The van der Waals surface area contributed by atoms with E-state index in [1.807, 2.05) is 0 Å². The Morgan fingerprint density at radius 2 is 2.35 bits per heavy atom. The van der Waals surface area contributed by atoms with Gasteiger partial charge in [-0.3, -0.25) is 0 Å². The van der Waals surface area contributed by atoms with Crippen LogP contribution >= 0.6 is 11.3 Å². The maximum Gasteiger partial charge on any atom is 0.250 e. The Kier molecular flexibility index (Phi) is 3.47. The van der Waals surface area contributed by atoms with Crippen LogP contribution in [0.1, 0.15) is 11.4 Å². The molecule has 2 aromatic heterocycles. The van der Waals surface area contributed by atoms with Crippen LogP contribution in [0.15, 0.2) is 15.7 Å². The topological polar surface area (TPSA) is 121 Å². The number of nitrogens with zero attached hydrogens (tertiary/aromatic N) is 3. The van der Waals surface area contributed by atoms with Crippen LogP contribution in [0.5, 0.6) is 0 Å². The molecule has 0 aromatic carbocycles. The van der Waals surface area contributed by atoms with Crippen molar-refractivity contribution in [3.8, 4) is 0 Å². The maximum absolute atomic E-state index is 11.8. The fourth-order valence-electron chi connectivity index (χ4n) is 1.07. The molecule has 2 rings (SSSR count). The second-order valence-corrected chi connectivity index (χ2v) is 5.99. The van der Waals surface area contributed by atoms with Crippen LogP contribution in [0, 0.1) is 0 Å². The summed E-state index contributed by atoms with van der Waals surface area (Å²) in [5, 5.41) is 23.2. The molecule has 0 aliphatic rings. The number of aliphatic hydroxyl groups excluding tert-OH is 1. The number of hydrogen-bond donors (Lipinski definition) is 3. The normalized spacial score (nSPS) is 11.8. The van der Waals surface area contributed by atoms with Gasteiger partial charge in [0, 0.05) is 0 Å². The Bertz CT molecular complexity index is 576. The molecular formula is C7H9N5O3S2. The van der Waals surface area contributed by atoms with Crippen molar-refractivity contribution < 1.29 is 13.5 Å². The first-order valence-corrected chi connectivity index (χ1v) is 6.88. The van der Waals surface area contributed by atoms with Crippen molar-refractivity contribution in [3.05, 3.63) is 22.8 Å². The molecule has 0 radical (unpaired) electrons. The smallest absolute Gasteiger partial charge is 0.250 e. The first-order chi connectivity index (χ1) is 8.12. The standard InChI is InChI=1S/C7H9N5O3S2/c13-3-5-1-7(16-4-5)17(14,15)8-2-6-9-11-12-10-6/h1,4,8,13H,2-3H2,(H,9,10,11,12). The number of thiophene rings is 1. The monoisotopic (exact) mass is 275 g/mol. The number of nitrogens with one attached hydrogen (secondary N) is 2. The van der Waals surface area contributed by atoms with Gasteiger partial charge in [-0.1, -0.05) is 5.21 Å². The van der Waals surface area contributed by atoms with E-state index < -0.39 is 10.0 Å². The summed E-state index contributed by atoms with van der Waals surface area (Å²) in [6, 6.07) is 1.42. The Morgan fingerprint density at radius 3 is 2.94 bits per heavy atom. The fourth-order valence-corrected chi connectivity index (χ4v) is 3.29. The van der Waals surface area contributed by atoms with Gasteiger partial charge in [-0.05, 0) is 17.0 Å². The van der Waals surface area contributed by atoms with Crippen LogP contribution in [-0.4, -0.2) is 34.1 Å². The van der Waals surface area contributed by atoms with E-state index in [-0.39, 0.29) is 23.2 Å². The Hall–Kier alpha value is -1.36. The summed E-state index contributed by atoms with van der Waals surface area (Å²) < 4.78 is 26.1. The molecule has 0 unspecified atom stereocenters. The molecule has 0 saturated carbocycles. The van der Waals surface area contributed by atoms with Crippen LogP contribution in [0.4, 0.5) is 0 Å². The van der Waals surface area contributed by atoms with Crippen molar-refractivity contribution in [2.75, 3.05) is 0 Å². The lowest BCUT2D eigenvalue weighted by molar-refractivity contribution is 0.282. The summed E-state index contributed by atoms with van der Waals surface area (Å²) in [6.45, 7) is -0.220. The Labute approximate surface area is 101 Å². The van der Waals surface area contributed by atoms with Gasteiger partial charge >= 0.3 is 0 Å². The minimum absolute atomic E-state index is 0.0365. The lowest BCUT2D eigenvalue weighted by Gasteiger charge is -2.00. The second kappa shape index (κ2) is 4.87. The summed E-state index contributed by atoms with van der Waals surface area (Å²) >= 11 is 1.04. The van der Waals surface area contributed by atoms with E-state index in [0.29, 0.717) is 5.56 Å². The maximum atomic E-state index is 11.8. The minimum atomic E-state index is -3.59. The number of rotatable bonds is 5. The van der Waals surface area contributed by atoms with E-state index in [1.165, 1.54) is 6.07 Å². The highest BCUT2D eigenvalue weighted by Gasteiger charge is 2.17. The molecule has 17 heavy (non-hydrogen) atoms. The predicted molar refractivity (Wildman–Crippen MR) is 58.4 cm³/mol. The van der Waals surface area contributed by atoms with E-state index >= 15 is 0 Å². The molecule has 0 aliphatic heterocycles. The molecule has 2 aromatic rings. The number of aromatic nitrogens is 4. The zero-order valence-electron chi connectivity index (χ0n) is 8.49. The summed E-state index contributed by atoms with van der Waals surface area (Å²) in [5.41, 5.74) is 0.565. The van der Waals surface area contributed by atoms with Gasteiger partial charge in [-0.15, -0.1) is 21.5 Å². The van der Waals surface area contributed by atoms with Crippen LogP contribution < -0.4 is 4.72 Å². The highest BCUT2D eigenvalue weighted by molar-refractivity contribution is 7.91. The highest BCUT2D eigenvalue weighted by Crippen LogP contribution is 2.20. The van der Waals surface area contributed by atoms with Crippen molar-refractivity contribution in [3.63, 3.8) is 0 Å². The molecule has 0 fully saturated rings. The molecule has 2 heterocycles. The van der Waals surface area contributed by atoms with E-state index in [1.54, 1.807) is 5.38 Å². The quantitative estimate of drug-likeness (QED) is 0.659. The predicted octanol–water partition coefficient (Wildman–Crippen LogP) is -0.768. The lowest BCUT2D eigenvalue weighted by atomic mass is 10.4. The second-order valence-electron chi connectivity index (χ2n) is 3.08. The Balaban J connectivity index is 2.08. The molecule has 10 heteroatoms. The Morgan fingerprint density at radius 1 is 1.53 bits per heavy atom. The number of sulfonamides is 1. The van der Waals surface area contributed by atoms with Crippen molar-refractivity contribution in [2.24, 2.45) is 0 Å². The van der Waals surface area contributed by atoms with Gasteiger partial charge in [0.2, 0.25) is 10.0 Å². The van der Waals surface area contributed by atoms with Gasteiger partial charge in [0.1, 0.15) is 4.21 Å². The summed E-state index contributed by atoms with van der Waals surface area (Å²) in [4.78, 5) is 0. The third kappa shape index (κ3) is 2.85. The molecule has 0 amide bonds. The van der Waals surface area contributed by atoms with Crippen molar-refractivity contribution in [2.45, 2.75) is 17.4 Å². The average Bonchev–Trinajstić information content (AvgIpc) is 2.98. The number of aromatic amines is 1. The molecule has 0 atom stereocenters. The van der Waals surface area contributed by atoms with E-state index in [2.05, 4.69) is 25.3 Å². The number of tetrazole rings is 1. The zero-order valence-corrected chi connectivity index (χ0v) is 10.1. The zero-order chi connectivity index (χ0) is 12.3. The van der Waals surface area contributed by atoms with Gasteiger partial charge < -0.3 is 5.11 Å². The fraction of sp³-hybridized carbons (Fsp3) is 0.286. The summed E-state index contributed by atoms with van der Waals surface area (Å²) in [5.74, 6) is 0.257. The third-order valence-electron chi connectivity index (χ3n) is 1.89. The number of hydrogen-bond acceptors (Lipinski definition) is 7. The summed E-state index contributed by atoms with van der Waals surface area (Å²) in [6.07, 6.45) is 0. The molecule has 92 valence electrons. The molecule has 0 bridgehead atoms. The van der Waals surface area contributed by atoms with Crippen LogP contribution in [0.2, 0.25) is 0 Å². The third-order valence-corrected chi connectivity index (χ3v) is 4.78. The lowest BCUT2D eigenvalue weighted by Crippen LogP contribution is -2.23. The molecule has 0 saturated heterocycles. The first kappa shape index (κ1) is 12.1. The molecular weight excluding hydrogens is 266 g/mol. The van der Waals surface area contributed by atoms with Crippen molar-refractivity contribution >= 4 is 21.4 Å². The van der Waals surface area contributed by atoms with Crippen molar-refractivity contribution in [1.29, 1.82) is 0 Å². The van der Waals surface area contributed by atoms with E-state index in [0.717, 1.165) is 11.3 Å². The largest absolute Gasteiger partial charge is 0.392 e. The van der Waals surface area contributed by atoms with Crippen LogP contribution in [-0.2, 0) is 23.2 Å². The van der Waals surface area contributed by atoms with Crippen LogP contribution in [0.3, 0.4) is 0 Å². The minimum Gasteiger partial charge on any atom is -0.392 e. The summed E-state index contributed by atoms with van der Waals surface area (Å²) in [7, 11) is -3.59.